The smallest absolute Gasteiger partial charge is 0.160 e. The van der Waals surface area contributed by atoms with E-state index in [0.717, 1.165) is 31.4 Å². The number of ether oxygens (including phenoxy) is 1. The van der Waals surface area contributed by atoms with Gasteiger partial charge in [-0.15, -0.1) is 0 Å². The molecule has 1 unspecified atom stereocenters. The molecule has 3 rings (SSSR count). The summed E-state index contributed by atoms with van der Waals surface area (Å²) < 4.78 is 5.12. The Morgan fingerprint density at radius 3 is 2.76 bits per heavy atom. The minimum atomic E-state index is -0.356. The van der Waals surface area contributed by atoms with Gasteiger partial charge >= 0.3 is 0 Å². The van der Waals surface area contributed by atoms with Crippen molar-refractivity contribution in [2.75, 3.05) is 20.7 Å². The van der Waals surface area contributed by atoms with E-state index >= 15 is 0 Å². The summed E-state index contributed by atoms with van der Waals surface area (Å²) in [7, 11) is 3.62. The maximum Gasteiger partial charge on any atom is 0.160 e. The van der Waals surface area contributed by atoms with E-state index in [4.69, 9.17) is 4.74 Å². The molecule has 0 aromatic heterocycles. The molecule has 110 valence electrons. The van der Waals surface area contributed by atoms with Gasteiger partial charge < -0.3 is 19.8 Å². The van der Waals surface area contributed by atoms with Crippen LogP contribution in [0.3, 0.4) is 0 Å². The van der Waals surface area contributed by atoms with E-state index in [0.29, 0.717) is 5.75 Å². The Morgan fingerprint density at radius 2 is 2.10 bits per heavy atom. The number of likely N-dealkylation sites (N-methyl/N-ethyl adjacent to an activating group) is 1. The van der Waals surface area contributed by atoms with Crippen molar-refractivity contribution in [2.24, 2.45) is 0 Å². The second-order valence-corrected chi connectivity index (χ2v) is 5.80. The van der Waals surface area contributed by atoms with Gasteiger partial charge in [-0.05, 0) is 43.0 Å². The number of phenolic OH excluding ortho intramolecular Hbond substituents is 1. The Kier molecular flexibility index (Phi) is 4.87. The van der Waals surface area contributed by atoms with Gasteiger partial charge in [0.25, 0.3) is 0 Å². The minimum absolute atomic E-state index is 0. The quantitative estimate of drug-likeness (QED) is 0.762. The van der Waals surface area contributed by atoms with Crippen LogP contribution < -0.4 is 4.74 Å². The molecule has 5 heteroatoms. The van der Waals surface area contributed by atoms with Crippen LogP contribution in [0.5, 0.6) is 11.5 Å². The van der Waals surface area contributed by atoms with Gasteiger partial charge in [0.05, 0.1) is 13.2 Å². The van der Waals surface area contributed by atoms with Crippen LogP contribution >= 0.6 is 0 Å². The standard InChI is InChI=1S/C16H21NO3.Cd/c1-17-8-7-16(6-5-12(18)10-15(16)17)11-3-4-14(20-2)13(19)9-11;/h3-4,9-10,12,18-19H,5-8H2,1-2H3;/t12?,16-;/m0./s1. The summed E-state index contributed by atoms with van der Waals surface area (Å²) in [6.45, 7) is 0.978. The van der Waals surface area contributed by atoms with Crippen LogP contribution in [-0.2, 0) is 32.7 Å². The fraction of sp³-hybridized carbons (Fsp3) is 0.500. The molecule has 1 saturated heterocycles. The van der Waals surface area contributed by atoms with E-state index in [1.54, 1.807) is 7.11 Å². The zero-order chi connectivity index (χ0) is 14.3. The first kappa shape index (κ1) is 16.6. The van der Waals surface area contributed by atoms with Crippen LogP contribution in [0.1, 0.15) is 24.8 Å². The van der Waals surface area contributed by atoms with Crippen LogP contribution in [0.15, 0.2) is 30.0 Å². The molecule has 1 heterocycles. The Labute approximate surface area is 145 Å². The van der Waals surface area contributed by atoms with Gasteiger partial charge in [0.1, 0.15) is 0 Å². The number of allylic oxidation sites excluding steroid dienone is 1. The topological polar surface area (TPSA) is 52.9 Å². The fourth-order valence-electron chi connectivity index (χ4n) is 3.60. The van der Waals surface area contributed by atoms with E-state index in [2.05, 4.69) is 11.9 Å². The average molecular weight is 388 g/mol. The van der Waals surface area contributed by atoms with Crippen LogP contribution in [0.4, 0.5) is 0 Å². The fourth-order valence-corrected chi connectivity index (χ4v) is 3.60. The van der Waals surface area contributed by atoms with E-state index in [-0.39, 0.29) is 44.6 Å². The van der Waals surface area contributed by atoms with Crippen molar-refractivity contribution in [2.45, 2.75) is 30.8 Å². The molecule has 1 fully saturated rings. The molecule has 0 spiro atoms. The van der Waals surface area contributed by atoms with E-state index in [1.807, 2.05) is 24.3 Å². The van der Waals surface area contributed by atoms with Gasteiger partial charge in [-0.3, -0.25) is 0 Å². The summed E-state index contributed by atoms with van der Waals surface area (Å²) in [4.78, 5) is 2.21. The summed E-state index contributed by atoms with van der Waals surface area (Å²) in [6.07, 6.45) is 4.32. The van der Waals surface area contributed by atoms with Crippen molar-refractivity contribution in [1.29, 1.82) is 0 Å². The third-order valence-electron chi connectivity index (χ3n) is 4.72. The number of fused-ring (bicyclic) bond motifs is 1. The van der Waals surface area contributed by atoms with E-state index < -0.39 is 0 Å². The third-order valence-corrected chi connectivity index (χ3v) is 4.72. The average Bonchev–Trinajstić information content (AvgIpc) is 2.77. The first-order chi connectivity index (χ1) is 9.56. The predicted octanol–water partition coefficient (Wildman–Crippen LogP) is 2.01. The molecular weight excluding hydrogens is 367 g/mol. The second kappa shape index (κ2) is 6.16. The maximum absolute atomic E-state index is 10.0. The molecule has 2 N–H and O–H groups in total. The van der Waals surface area contributed by atoms with Gasteiger partial charge in [0.15, 0.2) is 11.5 Å². The molecule has 2 aliphatic rings. The molecule has 0 saturated carbocycles. The molecular formula is C16H21CdNO3. The van der Waals surface area contributed by atoms with E-state index in [9.17, 15) is 10.2 Å². The second-order valence-electron chi connectivity index (χ2n) is 5.80. The number of phenols is 1. The van der Waals surface area contributed by atoms with Crippen molar-refractivity contribution in [1.82, 2.24) is 4.90 Å². The zero-order valence-electron chi connectivity index (χ0n) is 12.7. The first-order valence-electron chi connectivity index (χ1n) is 7.06. The number of nitrogens with zero attached hydrogens (tertiary/aromatic N) is 1. The normalized spacial score (nSPS) is 27.7. The number of hydrogen-bond acceptors (Lipinski definition) is 4. The Balaban J connectivity index is 0.00000161. The van der Waals surface area contributed by atoms with Gasteiger partial charge in [0, 0.05) is 52.0 Å². The molecule has 0 radical (unpaired) electrons. The van der Waals surface area contributed by atoms with Crippen molar-refractivity contribution in [3.05, 3.63) is 35.5 Å². The Bertz CT molecular complexity index is 560. The summed E-state index contributed by atoms with van der Waals surface area (Å²) >= 11 is 0. The third kappa shape index (κ3) is 2.68. The predicted molar refractivity (Wildman–Crippen MR) is 76.9 cm³/mol. The Hall–Kier alpha value is -0.758. The number of methoxy groups -OCH3 is 1. The van der Waals surface area contributed by atoms with Gasteiger partial charge in [-0.25, -0.2) is 0 Å². The first-order valence-corrected chi connectivity index (χ1v) is 7.06. The van der Waals surface area contributed by atoms with Gasteiger partial charge in [-0.1, -0.05) is 6.07 Å². The number of hydrogen-bond donors (Lipinski definition) is 2. The molecule has 2 atom stereocenters. The number of aliphatic hydroxyl groups is 1. The number of aromatic hydroxyl groups is 1. The van der Waals surface area contributed by atoms with Crippen molar-refractivity contribution in [3.8, 4) is 11.5 Å². The monoisotopic (exact) mass is 389 g/mol. The molecule has 4 nitrogen and oxygen atoms in total. The largest absolute Gasteiger partial charge is 0.504 e. The van der Waals surface area contributed by atoms with Crippen molar-refractivity contribution < 1.29 is 42.2 Å². The van der Waals surface area contributed by atoms with Crippen molar-refractivity contribution in [3.63, 3.8) is 0 Å². The zero-order valence-corrected chi connectivity index (χ0v) is 16.7. The molecule has 1 aromatic rings. The van der Waals surface area contributed by atoms with Gasteiger partial charge in [0.2, 0.25) is 0 Å². The SMILES string of the molecule is COc1ccc([C@@]23CCC(O)C=C2N(C)CC3)cc1O.[Cd]. The minimum Gasteiger partial charge on any atom is -0.504 e. The molecule has 0 amide bonds. The van der Waals surface area contributed by atoms with Crippen molar-refractivity contribution >= 4 is 0 Å². The molecule has 1 aliphatic heterocycles. The molecule has 1 aromatic carbocycles. The number of benzene rings is 1. The van der Waals surface area contributed by atoms with Crippen LogP contribution in [-0.4, -0.2) is 41.9 Å². The number of likely N-dealkylation sites (tertiary alicyclic amines) is 1. The van der Waals surface area contributed by atoms with Gasteiger partial charge in [-0.2, -0.15) is 0 Å². The number of rotatable bonds is 2. The Morgan fingerprint density at radius 1 is 1.33 bits per heavy atom. The van der Waals surface area contributed by atoms with Crippen LogP contribution in [0, 0.1) is 0 Å². The number of aliphatic hydroxyl groups excluding tert-OH is 1. The summed E-state index contributed by atoms with van der Waals surface area (Å²) in [5.41, 5.74) is 2.22. The summed E-state index contributed by atoms with van der Waals surface area (Å²) in [6, 6.07) is 5.66. The van der Waals surface area contributed by atoms with Crippen LogP contribution in [0.25, 0.3) is 0 Å². The summed E-state index contributed by atoms with van der Waals surface area (Å²) in [5.74, 6) is 0.678. The molecule has 1 aliphatic carbocycles. The van der Waals surface area contributed by atoms with Crippen LogP contribution in [0.2, 0.25) is 0 Å². The van der Waals surface area contributed by atoms with E-state index in [1.165, 1.54) is 5.70 Å². The maximum atomic E-state index is 10.0. The molecule has 21 heavy (non-hydrogen) atoms. The molecule has 0 bridgehead atoms. The summed E-state index contributed by atoms with van der Waals surface area (Å²) in [5, 5.41) is 19.9.